The van der Waals surface area contributed by atoms with E-state index >= 15 is 0 Å². The molecule has 6 nitrogen and oxygen atoms in total. The van der Waals surface area contributed by atoms with Crippen molar-refractivity contribution in [3.63, 3.8) is 0 Å². The van der Waals surface area contributed by atoms with Crippen LogP contribution < -0.4 is 4.90 Å². The highest BCUT2D eigenvalue weighted by atomic mass is 16.4. The highest BCUT2D eigenvalue weighted by Gasteiger charge is 2.23. The number of piperazine rings is 1. The van der Waals surface area contributed by atoms with Crippen LogP contribution in [-0.2, 0) is 11.2 Å². The second kappa shape index (κ2) is 7.56. The van der Waals surface area contributed by atoms with Gasteiger partial charge in [-0.05, 0) is 30.5 Å². The van der Waals surface area contributed by atoms with Gasteiger partial charge < -0.3 is 14.2 Å². The Kier molecular flexibility index (Phi) is 4.82. The van der Waals surface area contributed by atoms with Crippen LogP contribution in [-0.4, -0.2) is 47.0 Å². The molecule has 0 spiro atoms. The molecule has 1 aromatic carbocycles. The van der Waals surface area contributed by atoms with E-state index in [9.17, 15) is 4.79 Å². The summed E-state index contributed by atoms with van der Waals surface area (Å²) in [6.45, 7) is 2.88. The van der Waals surface area contributed by atoms with Gasteiger partial charge in [0, 0.05) is 38.8 Å². The number of benzene rings is 1. The summed E-state index contributed by atoms with van der Waals surface area (Å²) in [5.74, 6) is 0.236. The summed E-state index contributed by atoms with van der Waals surface area (Å²) < 4.78 is 5.77. The standard InChI is InChI=1S/C20H22N4O2/c25-18(10-4-8-16-6-2-1-3-7-16)23-12-14-24(15-13-23)20-22-19-17(26-20)9-5-11-21-19/h1-3,5-7,9,11H,4,8,10,12-15H2. The molecule has 1 saturated heterocycles. The Balaban J connectivity index is 1.27. The van der Waals surface area contributed by atoms with Crippen LogP contribution in [0.15, 0.2) is 53.1 Å². The van der Waals surface area contributed by atoms with E-state index in [1.165, 1.54) is 5.56 Å². The van der Waals surface area contributed by atoms with Crippen LogP contribution in [0.3, 0.4) is 0 Å². The van der Waals surface area contributed by atoms with E-state index in [-0.39, 0.29) is 5.91 Å². The van der Waals surface area contributed by atoms with Gasteiger partial charge in [0.25, 0.3) is 6.01 Å². The van der Waals surface area contributed by atoms with E-state index in [1.807, 2.05) is 35.2 Å². The van der Waals surface area contributed by atoms with Gasteiger partial charge in [0.15, 0.2) is 5.58 Å². The molecule has 1 aliphatic heterocycles. The quantitative estimate of drug-likeness (QED) is 0.708. The van der Waals surface area contributed by atoms with E-state index in [2.05, 4.69) is 27.0 Å². The molecule has 0 saturated carbocycles. The monoisotopic (exact) mass is 350 g/mol. The first-order valence-electron chi connectivity index (χ1n) is 9.08. The van der Waals surface area contributed by atoms with Crippen LogP contribution in [0, 0.1) is 0 Å². The van der Waals surface area contributed by atoms with E-state index in [1.54, 1.807) is 6.20 Å². The molecular formula is C20H22N4O2. The average molecular weight is 350 g/mol. The lowest BCUT2D eigenvalue weighted by atomic mass is 10.1. The Bertz CT molecular complexity index is 837. The van der Waals surface area contributed by atoms with Crippen LogP contribution in [0.2, 0.25) is 0 Å². The van der Waals surface area contributed by atoms with Crippen molar-refractivity contribution in [1.82, 2.24) is 14.9 Å². The zero-order chi connectivity index (χ0) is 17.8. The third-order valence-corrected chi connectivity index (χ3v) is 4.76. The number of aromatic nitrogens is 2. The number of nitrogens with zero attached hydrogens (tertiary/aromatic N) is 4. The van der Waals surface area contributed by atoms with Crippen molar-refractivity contribution in [2.24, 2.45) is 0 Å². The lowest BCUT2D eigenvalue weighted by Crippen LogP contribution is -2.48. The lowest BCUT2D eigenvalue weighted by Gasteiger charge is -2.33. The molecule has 26 heavy (non-hydrogen) atoms. The first-order valence-corrected chi connectivity index (χ1v) is 9.08. The Morgan fingerprint density at radius 3 is 2.62 bits per heavy atom. The molecule has 1 fully saturated rings. The molecule has 6 heteroatoms. The number of anilines is 1. The van der Waals surface area contributed by atoms with Gasteiger partial charge in [-0.15, -0.1) is 0 Å². The minimum absolute atomic E-state index is 0.236. The van der Waals surface area contributed by atoms with Crippen LogP contribution >= 0.6 is 0 Å². The summed E-state index contributed by atoms with van der Waals surface area (Å²) in [7, 11) is 0. The summed E-state index contributed by atoms with van der Waals surface area (Å²) >= 11 is 0. The number of amides is 1. The number of aryl methyl sites for hydroxylation is 1. The third kappa shape index (κ3) is 3.69. The maximum atomic E-state index is 12.4. The average Bonchev–Trinajstić information content (AvgIpc) is 3.13. The molecule has 3 heterocycles. The maximum absolute atomic E-state index is 12.4. The fourth-order valence-corrected chi connectivity index (χ4v) is 3.29. The Hall–Kier alpha value is -2.89. The highest BCUT2D eigenvalue weighted by Crippen LogP contribution is 2.21. The van der Waals surface area contributed by atoms with Crippen LogP contribution in [0.4, 0.5) is 6.01 Å². The molecule has 0 aliphatic carbocycles. The molecule has 0 unspecified atom stereocenters. The molecule has 2 aromatic heterocycles. The zero-order valence-corrected chi connectivity index (χ0v) is 14.7. The van der Waals surface area contributed by atoms with Crippen molar-refractivity contribution in [1.29, 1.82) is 0 Å². The van der Waals surface area contributed by atoms with Crippen molar-refractivity contribution in [2.45, 2.75) is 19.3 Å². The Morgan fingerprint density at radius 1 is 1.04 bits per heavy atom. The number of carbonyl (C=O) groups is 1. The molecule has 0 bridgehead atoms. The van der Waals surface area contributed by atoms with Gasteiger partial charge in [0.2, 0.25) is 11.6 Å². The minimum Gasteiger partial charge on any atom is -0.422 e. The van der Waals surface area contributed by atoms with Gasteiger partial charge in [-0.3, -0.25) is 4.79 Å². The second-order valence-corrected chi connectivity index (χ2v) is 6.53. The summed E-state index contributed by atoms with van der Waals surface area (Å²) in [5.41, 5.74) is 2.61. The van der Waals surface area contributed by atoms with Crippen molar-refractivity contribution >= 4 is 23.2 Å². The Labute approximate surface area is 152 Å². The predicted octanol–water partition coefficient (Wildman–Crippen LogP) is 2.89. The van der Waals surface area contributed by atoms with Crippen molar-refractivity contribution in [3.8, 4) is 0 Å². The predicted molar refractivity (Wildman–Crippen MR) is 100.0 cm³/mol. The van der Waals surface area contributed by atoms with Gasteiger partial charge in [0.1, 0.15) is 0 Å². The van der Waals surface area contributed by atoms with Gasteiger partial charge in [0.05, 0.1) is 0 Å². The number of pyridine rings is 1. The van der Waals surface area contributed by atoms with Gasteiger partial charge >= 0.3 is 0 Å². The minimum atomic E-state index is 0.236. The molecule has 4 rings (SSSR count). The largest absolute Gasteiger partial charge is 0.422 e. The lowest BCUT2D eigenvalue weighted by molar-refractivity contribution is -0.131. The van der Waals surface area contributed by atoms with E-state index in [0.29, 0.717) is 36.8 Å². The van der Waals surface area contributed by atoms with Crippen LogP contribution in [0.1, 0.15) is 18.4 Å². The first-order chi connectivity index (χ1) is 12.8. The van der Waals surface area contributed by atoms with E-state index in [4.69, 9.17) is 4.42 Å². The number of hydrogen-bond donors (Lipinski definition) is 0. The van der Waals surface area contributed by atoms with E-state index < -0.39 is 0 Å². The smallest absolute Gasteiger partial charge is 0.300 e. The third-order valence-electron chi connectivity index (χ3n) is 4.76. The summed E-state index contributed by atoms with van der Waals surface area (Å²) in [4.78, 5) is 25.1. The van der Waals surface area contributed by atoms with Gasteiger partial charge in [-0.25, -0.2) is 4.98 Å². The van der Waals surface area contributed by atoms with Crippen LogP contribution in [0.5, 0.6) is 0 Å². The topological polar surface area (TPSA) is 62.5 Å². The number of hydrogen-bond acceptors (Lipinski definition) is 5. The molecule has 1 aliphatic rings. The fourth-order valence-electron chi connectivity index (χ4n) is 3.29. The fraction of sp³-hybridized carbons (Fsp3) is 0.350. The van der Waals surface area contributed by atoms with Crippen molar-refractivity contribution in [2.75, 3.05) is 31.1 Å². The zero-order valence-electron chi connectivity index (χ0n) is 14.7. The van der Waals surface area contributed by atoms with Crippen molar-refractivity contribution in [3.05, 3.63) is 54.2 Å². The maximum Gasteiger partial charge on any atom is 0.300 e. The number of oxazole rings is 1. The first kappa shape index (κ1) is 16.6. The molecule has 0 radical (unpaired) electrons. The molecular weight excluding hydrogens is 328 g/mol. The normalized spacial score (nSPS) is 14.8. The molecule has 0 atom stereocenters. The number of fused-ring (bicyclic) bond motifs is 1. The van der Waals surface area contributed by atoms with E-state index in [0.717, 1.165) is 25.9 Å². The summed E-state index contributed by atoms with van der Waals surface area (Å²) in [5, 5.41) is 0. The van der Waals surface area contributed by atoms with Gasteiger partial charge in [-0.2, -0.15) is 4.98 Å². The SMILES string of the molecule is O=C(CCCc1ccccc1)N1CCN(c2nc3ncccc3o2)CC1. The molecule has 1 amide bonds. The molecule has 0 N–H and O–H groups in total. The number of carbonyl (C=O) groups excluding carboxylic acids is 1. The molecule has 134 valence electrons. The van der Waals surface area contributed by atoms with Gasteiger partial charge in [-0.1, -0.05) is 30.3 Å². The summed E-state index contributed by atoms with van der Waals surface area (Å²) in [6, 6.07) is 14.6. The number of rotatable bonds is 5. The molecule has 3 aromatic rings. The Morgan fingerprint density at radius 2 is 1.85 bits per heavy atom. The van der Waals surface area contributed by atoms with Crippen molar-refractivity contribution < 1.29 is 9.21 Å². The second-order valence-electron chi connectivity index (χ2n) is 6.53. The highest BCUT2D eigenvalue weighted by molar-refractivity contribution is 5.76. The van der Waals surface area contributed by atoms with Crippen LogP contribution in [0.25, 0.3) is 11.2 Å². The summed E-state index contributed by atoms with van der Waals surface area (Å²) in [6.07, 6.45) is 4.14.